The molecule has 0 saturated heterocycles. The maximum atomic E-state index is 11.9. The van der Waals surface area contributed by atoms with Crippen molar-refractivity contribution in [3.63, 3.8) is 0 Å². The number of para-hydroxylation sites is 1. The van der Waals surface area contributed by atoms with Crippen LogP contribution in [0.3, 0.4) is 0 Å². The number of carbonyl (C=O) groups is 2. The van der Waals surface area contributed by atoms with Gasteiger partial charge in [-0.3, -0.25) is 4.79 Å². The highest BCUT2D eigenvalue weighted by Crippen LogP contribution is 2.20. The van der Waals surface area contributed by atoms with Crippen LogP contribution in [0.4, 0.5) is 16.2 Å². The molecule has 6 nitrogen and oxygen atoms in total. The third kappa shape index (κ3) is 5.99. The minimum absolute atomic E-state index is 0.256. The summed E-state index contributed by atoms with van der Waals surface area (Å²) in [4.78, 5) is 27.2. The van der Waals surface area contributed by atoms with Gasteiger partial charge in [-0.05, 0) is 24.3 Å². The molecule has 0 spiro atoms. The molecular weight excluding hydrogens is 314 g/mol. The topological polar surface area (TPSA) is 80.3 Å². The zero-order chi connectivity index (χ0) is 16.5. The number of benzene rings is 1. The van der Waals surface area contributed by atoms with E-state index < -0.39 is 0 Å². The summed E-state index contributed by atoms with van der Waals surface area (Å²) in [5.74, 6) is 0.313. The first-order chi connectivity index (χ1) is 11.2. The highest BCUT2D eigenvalue weighted by molar-refractivity contribution is 7.99. The third-order valence-corrected chi connectivity index (χ3v) is 3.74. The van der Waals surface area contributed by atoms with Crippen LogP contribution >= 0.6 is 11.8 Å². The SMILES string of the molecule is COC(=O)CCSc1cc(NC(=O)Nc2ccccc2)ccn1. The van der Waals surface area contributed by atoms with Gasteiger partial charge in [0.1, 0.15) is 0 Å². The monoisotopic (exact) mass is 331 g/mol. The largest absolute Gasteiger partial charge is 0.469 e. The summed E-state index contributed by atoms with van der Waals surface area (Å²) in [7, 11) is 1.36. The first kappa shape index (κ1) is 16.8. The predicted octanol–water partition coefficient (Wildman–Crippen LogP) is 3.38. The van der Waals surface area contributed by atoms with Crippen LogP contribution in [-0.2, 0) is 9.53 Å². The molecule has 0 aliphatic heterocycles. The Bertz CT molecular complexity index is 665. The molecule has 0 saturated carbocycles. The van der Waals surface area contributed by atoms with Crippen LogP contribution in [0.15, 0.2) is 53.7 Å². The number of carbonyl (C=O) groups excluding carboxylic acids is 2. The van der Waals surface area contributed by atoms with E-state index in [1.165, 1.54) is 18.9 Å². The van der Waals surface area contributed by atoms with E-state index in [4.69, 9.17) is 0 Å². The van der Waals surface area contributed by atoms with E-state index in [2.05, 4.69) is 20.4 Å². The molecule has 0 unspecified atom stereocenters. The second kappa shape index (κ2) is 8.79. The summed E-state index contributed by atoms with van der Waals surface area (Å²) in [6.45, 7) is 0. The van der Waals surface area contributed by atoms with E-state index in [9.17, 15) is 9.59 Å². The van der Waals surface area contributed by atoms with E-state index in [1.807, 2.05) is 18.2 Å². The Kier molecular flexibility index (Phi) is 6.43. The smallest absolute Gasteiger partial charge is 0.323 e. The Morgan fingerprint density at radius 1 is 1.13 bits per heavy atom. The number of aromatic nitrogens is 1. The van der Waals surface area contributed by atoms with Gasteiger partial charge in [0.15, 0.2) is 0 Å². The molecule has 2 aromatic rings. The molecule has 0 radical (unpaired) electrons. The second-order valence-electron chi connectivity index (χ2n) is 4.50. The van der Waals surface area contributed by atoms with E-state index in [-0.39, 0.29) is 12.0 Å². The molecule has 0 aliphatic rings. The quantitative estimate of drug-likeness (QED) is 0.626. The van der Waals surface area contributed by atoms with Gasteiger partial charge in [0.2, 0.25) is 0 Å². The lowest BCUT2D eigenvalue weighted by atomic mass is 10.3. The molecule has 7 heteroatoms. The molecule has 1 aromatic carbocycles. The molecule has 120 valence electrons. The van der Waals surface area contributed by atoms with Crippen LogP contribution in [-0.4, -0.2) is 29.8 Å². The van der Waals surface area contributed by atoms with Gasteiger partial charge >= 0.3 is 12.0 Å². The first-order valence-electron chi connectivity index (χ1n) is 6.96. The van der Waals surface area contributed by atoms with Gasteiger partial charge in [-0.2, -0.15) is 0 Å². The number of methoxy groups -OCH3 is 1. The lowest BCUT2D eigenvalue weighted by molar-refractivity contribution is -0.140. The van der Waals surface area contributed by atoms with Crippen molar-refractivity contribution < 1.29 is 14.3 Å². The Morgan fingerprint density at radius 2 is 1.87 bits per heavy atom. The van der Waals surface area contributed by atoms with Crippen molar-refractivity contribution in [2.75, 3.05) is 23.5 Å². The third-order valence-electron chi connectivity index (χ3n) is 2.81. The summed E-state index contributed by atoms with van der Waals surface area (Å²) in [5.41, 5.74) is 1.35. The number of rotatable bonds is 6. The second-order valence-corrected chi connectivity index (χ2v) is 5.62. The molecule has 1 aromatic heterocycles. The molecule has 0 bridgehead atoms. The summed E-state index contributed by atoms with van der Waals surface area (Å²) < 4.78 is 4.58. The average Bonchev–Trinajstić information content (AvgIpc) is 2.56. The Morgan fingerprint density at radius 3 is 2.61 bits per heavy atom. The van der Waals surface area contributed by atoms with Gasteiger partial charge in [-0.15, -0.1) is 11.8 Å². The molecule has 0 aliphatic carbocycles. The van der Waals surface area contributed by atoms with Gasteiger partial charge < -0.3 is 15.4 Å². The number of amides is 2. The van der Waals surface area contributed by atoms with Gasteiger partial charge in [-0.25, -0.2) is 9.78 Å². The Labute approximate surface area is 138 Å². The maximum absolute atomic E-state index is 11.9. The lowest BCUT2D eigenvalue weighted by Gasteiger charge is -2.08. The lowest BCUT2D eigenvalue weighted by Crippen LogP contribution is -2.19. The van der Waals surface area contributed by atoms with Crippen molar-refractivity contribution in [1.29, 1.82) is 0 Å². The Balaban J connectivity index is 1.86. The fourth-order valence-corrected chi connectivity index (χ4v) is 2.55. The summed E-state index contributed by atoms with van der Waals surface area (Å²) in [6, 6.07) is 12.3. The number of pyridine rings is 1. The number of ether oxygens (including phenoxy) is 1. The minimum Gasteiger partial charge on any atom is -0.469 e. The molecule has 2 N–H and O–H groups in total. The number of thioether (sulfide) groups is 1. The number of hydrogen-bond acceptors (Lipinski definition) is 5. The summed E-state index contributed by atoms with van der Waals surface area (Å²) >= 11 is 1.43. The van der Waals surface area contributed by atoms with Crippen LogP contribution in [0.5, 0.6) is 0 Å². The molecule has 0 atom stereocenters. The number of hydrogen-bond donors (Lipinski definition) is 2. The molecule has 1 heterocycles. The number of nitrogens with one attached hydrogen (secondary N) is 2. The zero-order valence-electron chi connectivity index (χ0n) is 12.6. The highest BCUT2D eigenvalue weighted by Gasteiger charge is 2.05. The van der Waals surface area contributed by atoms with Crippen molar-refractivity contribution in [3.05, 3.63) is 48.7 Å². The van der Waals surface area contributed by atoms with E-state index in [0.29, 0.717) is 23.5 Å². The number of urea groups is 1. The fraction of sp³-hybridized carbons (Fsp3) is 0.188. The summed E-state index contributed by atoms with van der Waals surface area (Å²) in [6.07, 6.45) is 1.92. The van der Waals surface area contributed by atoms with Crippen molar-refractivity contribution in [2.24, 2.45) is 0 Å². The van der Waals surface area contributed by atoms with Crippen molar-refractivity contribution in [3.8, 4) is 0 Å². The highest BCUT2D eigenvalue weighted by atomic mass is 32.2. The molecule has 0 fully saturated rings. The maximum Gasteiger partial charge on any atom is 0.323 e. The van der Waals surface area contributed by atoms with Crippen LogP contribution < -0.4 is 10.6 Å². The predicted molar refractivity (Wildman–Crippen MR) is 90.7 cm³/mol. The van der Waals surface area contributed by atoms with Gasteiger partial charge in [-0.1, -0.05) is 18.2 Å². The minimum atomic E-state index is -0.326. The van der Waals surface area contributed by atoms with Crippen LogP contribution in [0.25, 0.3) is 0 Å². The van der Waals surface area contributed by atoms with E-state index in [0.717, 1.165) is 5.03 Å². The standard InChI is InChI=1S/C16H17N3O3S/c1-22-15(20)8-10-23-14-11-13(7-9-17-14)19-16(21)18-12-5-3-2-4-6-12/h2-7,9,11H,8,10H2,1H3,(H2,17,18,19,21). The van der Waals surface area contributed by atoms with E-state index >= 15 is 0 Å². The number of anilines is 2. The van der Waals surface area contributed by atoms with Crippen molar-refractivity contribution in [1.82, 2.24) is 4.98 Å². The van der Waals surface area contributed by atoms with Crippen LogP contribution in [0.1, 0.15) is 6.42 Å². The first-order valence-corrected chi connectivity index (χ1v) is 7.94. The molecule has 2 amide bonds. The summed E-state index contributed by atoms with van der Waals surface area (Å²) in [5, 5.41) is 6.21. The van der Waals surface area contributed by atoms with E-state index in [1.54, 1.807) is 30.5 Å². The van der Waals surface area contributed by atoms with Gasteiger partial charge in [0, 0.05) is 23.3 Å². The van der Waals surface area contributed by atoms with Crippen molar-refractivity contribution >= 4 is 35.1 Å². The molecule has 2 rings (SSSR count). The zero-order valence-corrected chi connectivity index (χ0v) is 13.4. The van der Waals surface area contributed by atoms with Crippen molar-refractivity contribution in [2.45, 2.75) is 11.4 Å². The molecular formula is C16H17N3O3S. The van der Waals surface area contributed by atoms with Gasteiger partial charge in [0.05, 0.1) is 18.6 Å². The molecule has 23 heavy (non-hydrogen) atoms. The van der Waals surface area contributed by atoms with Crippen LogP contribution in [0, 0.1) is 0 Å². The number of nitrogens with zero attached hydrogens (tertiary/aromatic N) is 1. The van der Waals surface area contributed by atoms with Crippen LogP contribution in [0.2, 0.25) is 0 Å². The Hall–Kier alpha value is -2.54. The average molecular weight is 331 g/mol. The fourth-order valence-electron chi connectivity index (χ4n) is 1.72. The van der Waals surface area contributed by atoms with Gasteiger partial charge in [0.25, 0.3) is 0 Å². The number of esters is 1. The normalized spacial score (nSPS) is 9.96.